The Morgan fingerprint density at radius 2 is 1.46 bits per heavy atom. The van der Waals surface area contributed by atoms with Crippen molar-refractivity contribution in [2.75, 3.05) is 26.3 Å². The minimum absolute atomic E-state index is 0.0943. The molecule has 0 amide bonds. The molecule has 76 valence electrons. The van der Waals surface area contributed by atoms with E-state index in [0.29, 0.717) is 26.3 Å². The average Bonchev–Trinajstić information content (AvgIpc) is 2.74. The van der Waals surface area contributed by atoms with E-state index in [-0.39, 0.29) is 12.2 Å². The third kappa shape index (κ3) is 1.77. The summed E-state index contributed by atoms with van der Waals surface area (Å²) in [5.41, 5.74) is 10.9. The molecule has 1 spiro atoms. The molecule has 0 aromatic heterocycles. The van der Waals surface area contributed by atoms with Crippen molar-refractivity contribution >= 4 is 9.05 Å². The Bertz CT molecular complexity index is 173. The fourth-order valence-corrected chi connectivity index (χ4v) is 3.64. The third-order valence-corrected chi connectivity index (χ3v) is 4.32. The molecular formula is C6H14N2O4Si. The van der Waals surface area contributed by atoms with E-state index in [0.717, 1.165) is 0 Å². The molecule has 2 fully saturated rings. The van der Waals surface area contributed by atoms with Crippen LogP contribution < -0.4 is 11.5 Å². The predicted molar refractivity (Wildman–Crippen MR) is 45.5 cm³/mol. The normalized spacial score (nSPS) is 44.8. The van der Waals surface area contributed by atoms with E-state index in [1.54, 1.807) is 0 Å². The Hall–Kier alpha value is -0.0231. The van der Waals surface area contributed by atoms with Crippen molar-refractivity contribution in [1.82, 2.24) is 0 Å². The summed E-state index contributed by atoms with van der Waals surface area (Å²) < 4.78 is 21.7. The van der Waals surface area contributed by atoms with Gasteiger partial charge in [-0.25, -0.2) is 0 Å². The molecular weight excluding hydrogens is 192 g/mol. The minimum atomic E-state index is -2.80. The van der Waals surface area contributed by atoms with Crippen LogP contribution in [0.2, 0.25) is 0 Å². The number of rotatable bonds is 2. The summed E-state index contributed by atoms with van der Waals surface area (Å²) in [6.45, 7) is 1.77. The van der Waals surface area contributed by atoms with Crippen LogP contribution in [-0.2, 0) is 17.7 Å². The molecule has 2 aliphatic rings. The highest BCUT2D eigenvalue weighted by Crippen LogP contribution is 2.27. The maximum Gasteiger partial charge on any atom is 0.680 e. The first-order chi connectivity index (χ1) is 6.28. The van der Waals surface area contributed by atoms with E-state index in [1.165, 1.54) is 0 Å². The molecule has 13 heavy (non-hydrogen) atoms. The first-order valence-corrected chi connectivity index (χ1v) is 5.95. The van der Waals surface area contributed by atoms with Gasteiger partial charge in [-0.05, 0) is 0 Å². The van der Waals surface area contributed by atoms with Crippen LogP contribution in [0.3, 0.4) is 0 Å². The van der Waals surface area contributed by atoms with Gasteiger partial charge in [-0.15, -0.1) is 0 Å². The monoisotopic (exact) mass is 206 g/mol. The molecule has 2 aliphatic heterocycles. The molecule has 0 aromatic carbocycles. The lowest BCUT2D eigenvalue weighted by Gasteiger charge is -2.14. The zero-order valence-electron chi connectivity index (χ0n) is 7.27. The highest BCUT2D eigenvalue weighted by atomic mass is 28.4. The van der Waals surface area contributed by atoms with Crippen molar-refractivity contribution < 1.29 is 17.7 Å². The molecule has 2 saturated heterocycles. The summed E-state index contributed by atoms with van der Waals surface area (Å²) >= 11 is 0. The van der Waals surface area contributed by atoms with Crippen molar-refractivity contribution in [3.8, 4) is 0 Å². The molecule has 0 bridgehead atoms. The van der Waals surface area contributed by atoms with Crippen molar-refractivity contribution in [3.05, 3.63) is 0 Å². The van der Waals surface area contributed by atoms with Crippen molar-refractivity contribution in [1.29, 1.82) is 0 Å². The standard InChI is InChI=1S/C6H14N2O4Si/c7-1-5-3-9-13(11-5)10-4-6(2-8)12-13/h5-6H,1-4,7-8H2. The van der Waals surface area contributed by atoms with Crippen molar-refractivity contribution in [2.24, 2.45) is 11.5 Å². The maximum absolute atomic E-state index is 5.48. The van der Waals surface area contributed by atoms with Crippen molar-refractivity contribution in [3.63, 3.8) is 0 Å². The molecule has 0 aromatic rings. The molecule has 7 heteroatoms. The van der Waals surface area contributed by atoms with Gasteiger partial charge in [-0.1, -0.05) is 0 Å². The second kappa shape index (κ2) is 3.62. The summed E-state index contributed by atoms with van der Waals surface area (Å²) in [6.07, 6.45) is -0.189. The van der Waals surface area contributed by atoms with Crippen LogP contribution in [0.5, 0.6) is 0 Å². The van der Waals surface area contributed by atoms with Crippen LogP contribution in [0.4, 0.5) is 0 Å². The summed E-state index contributed by atoms with van der Waals surface area (Å²) in [7, 11) is -2.80. The highest BCUT2D eigenvalue weighted by Gasteiger charge is 2.58. The summed E-state index contributed by atoms with van der Waals surface area (Å²) in [4.78, 5) is 0. The summed E-state index contributed by atoms with van der Waals surface area (Å²) in [5, 5.41) is 0. The Morgan fingerprint density at radius 1 is 1.00 bits per heavy atom. The van der Waals surface area contributed by atoms with Gasteiger partial charge in [0.25, 0.3) is 0 Å². The van der Waals surface area contributed by atoms with E-state index < -0.39 is 9.05 Å². The maximum atomic E-state index is 5.48. The molecule has 0 aliphatic carbocycles. The van der Waals surface area contributed by atoms with Gasteiger partial charge >= 0.3 is 9.05 Å². The lowest BCUT2D eigenvalue weighted by Crippen LogP contribution is -2.41. The SMILES string of the molecule is NCC1CO[Si]2(OCC(CN)O2)O1. The van der Waals surface area contributed by atoms with E-state index >= 15 is 0 Å². The topological polar surface area (TPSA) is 89.0 Å². The lowest BCUT2D eigenvalue weighted by atomic mass is 10.4. The van der Waals surface area contributed by atoms with Gasteiger partial charge < -0.3 is 29.2 Å². The lowest BCUT2D eigenvalue weighted by molar-refractivity contribution is 0.0800. The fourth-order valence-electron chi connectivity index (χ4n) is 1.30. The molecule has 0 saturated carbocycles. The van der Waals surface area contributed by atoms with Crippen LogP contribution in [0.25, 0.3) is 0 Å². The number of hydrogen-bond donors (Lipinski definition) is 2. The van der Waals surface area contributed by atoms with E-state index in [2.05, 4.69) is 0 Å². The van der Waals surface area contributed by atoms with Crippen LogP contribution in [0.1, 0.15) is 0 Å². The minimum Gasteiger partial charge on any atom is -0.348 e. The zero-order chi connectivity index (χ0) is 9.31. The van der Waals surface area contributed by atoms with Crippen molar-refractivity contribution in [2.45, 2.75) is 12.2 Å². The van der Waals surface area contributed by atoms with Gasteiger partial charge in [0, 0.05) is 13.1 Å². The van der Waals surface area contributed by atoms with Crippen LogP contribution in [-0.4, -0.2) is 47.6 Å². The fraction of sp³-hybridized carbons (Fsp3) is 1.00. The second-order valence-corrected chi connectivity index (χ2v) is 5.12. The predicted octanol–water partition coefficient (Wildman–Crippen LogP) is -1.83. The molecule has 2 rings (SSSR count). The van der Waals surface area contributed by atoms with Gasteiger partial charge in [0.2, 0.25) is 0 Å². The van der Waals surface area contributed by atoms with E-state index in [1.807, 2.05) is 0 Å². The average molecular weight is 206 g/mol. The second-order valence-electron chi connectivity index (χ2n) is 3.07. The summed E-state index contributed by atoms with van der Waals surface area (Å²) in [6, 6.07) is 0. The highest BCUT2D eigenvalue weighted by molar-refractivity contribution is 6.54. The van der Waals surface area contributed by atoms with Crippen LogP contribution in [0, 0.1) is 0 Å². The Balaban J connectivity index is 1.93. The number of nitrogens with two attached hydrogens (primary N) is 2. The summed E-state index contributed by atoms with van der Waals surface area (Å²) in [5.74, 6) is 0. The van der Waals surface area contributed by atoms with Gasteiger partial charge in [0.05, 0.1) is 25.4 Å². The third-order valence-electron chi connectivity index (χ3n) is 2.04. The first kappa shape index (κ1) is 9.53. The van der Waals surface area contributed by atoms with Gasteiger partial charge in [0.15, 0.2) is 0 Å². The quantitative estimate of drug-likeness (QED) is 0.517. The van der Waals surface area contributed by atoms with Crippen LogP contribution >= 0.6 is 0 Å². The van der Waals surface area contributed by atoms with E-state index in [4.69, 9.17) is 29.2 Å². The Labute approximate surface area is 77.6 Å². The smallest absolute Gasteiger partial charge is 0.348 e. The molecule has 0 radical (unpaired) electrons. The Kier molecular flexibility index (Phi) is 2.65. The molecule has 2 heterocycles. The van der Waals surface area contributed by atoms with Gasteiger partial charge in [-0.2, -0.15) is 0 Å². The molecule has 6 nitrogen and oxygen atoms in total. The van der Waals surface area contributed by atoms with Gasteiger partial charge in [-0.3, -0.25) is 0 Å². The largest absolute Gasteiger partial charge is 0.680 e. The van der Waals surface area contributed by atoms with E-state index in [9.17, 15) is 0 Å². The first-order valence-electron chi connectivity index (χ1n) is 4.31. The molecule has 4 N–H and O–H groups in total. The zero-order valence-corrected chi connectivity index (χ0v) is 8.27. The number of hydrogen-bond acceptors (Lipinski definition) is 6. The Morgan fingerprint density at radius 3 is 1.77 bits per heavy atom. The molecule has 2 atom stereocenters. The molecule has 2 unspecified atom stereocenters. The van der Waals surface area contributed by atoms with Gasteiger partial charge in [0.1, 0.15) is 0 Å². The van der Waals surface area contributed by atoms with Crippen LogP contribution in [0.15, 0.2) is 0 Å².